The van der Waals surface area contributed by atoms with E-state index in [4.69, 9.17) is 19.2 Å². The quantitative estimate of drug-likeness (QED) is 0.516. The second-order valence-electron chi connectivity index (χ2n) is 9.21. The van der Waals surface area contributed by atoms with Gasteiger partial charge in [-0.25, -0.2) is 4.79 Å². The molecule has 0 spiro atoms. The van der Waals surface area contributed by atoms with Crippen LogP contribution in [0.25, 0.3) is 0 Å². The zero-order valence-electron chi connectivity index (χ0n) is 19.8. The summed E-state index contributed by atoms with van der Waals surface area (Å²) in [5.74, 6) is 0.825. The lowest BCUT2D eigenvalue weighted by molar-refractivity contribution is -0.0817. The smallest absolute Gasteiger partial charge is 0.408 e. The molecule has 2 aliphatic rings. The van der Waals surface area contributed by atoms with Crippen LogP contribution in [0.1, 0.15) is 52.1 Å². The molecule has 8 heteroatoms. The fourth-order valence-electron chi connectivity index (χ4n) is 3.96. The van der Waals surface area contributed by atoms with Gasteiger partial charge in [0.05, 0.1) is 25.3 Å². The molecule has 2 fully saturated rings. The average Bonchev–Trinajstić information content (AvgIpc) is 3.30. The number of nitrogens with zero attached hydrogens (tertiary/aromatic N) is 2. The SMILES string of the molecule is CCNC(=NCC(NC(=O)OC(C)(C)C)c1ccccc1)N1CCOC(C2CCCO2)C1. The van der Waals surface area contributed by atoms with Crippen LogP contribution in [0.3, 0.4) is 0 Å². The van der Waals surface area contributed by atoms with Crippen molar-refractivity contribution in [1.82, 2.24) is 15.5 Å². The second kappa shape index (κ2) is 11.5. The number of carbonyl (C=O) groups excluding carboxylic acids is 1. The molecule has 0 aliphatic carbocycles. The molecule has 2 N–H and O–H groups in total. The average molecular weight is 447 g/mol. The van der Waals surface area contributed by atoms with Crippen molar-refractivity contribution in [3.05, 3.63) is 35.9 Å². The first-order valence-electron chi connectivity index (χ1n) is 11.7. The van der Waals surface area contributed by atoms with Crippen molar-refractivity contribution in [1.29, 1.82) is 0 Å². The Bertz CT molecular complexity index is 744. The molecule has 0 bridgehead atoms. The Morgan fingerprint density at radius 1 is 1.22 bits per heavy atom. The lowest BCUT2D eigenvalue weighted by Gasteiger charge is -2.37. The minimum atomic E-state index is -0.561. The van der Waals surface area contributed by atoms with Gasteiger partial charge >= 0.3 is 6.09 Å². The molecular formula is C24H38N4O4. The van der Waals surface area contributed by atoms with Gasteiger partial charge in [-0.2, -0.15) is 0 Å². The summed E-state index contributed by atoms with van der Waals surface area (Å²) in [7, 11) is 0. The molecule has 0 saturated carbocycles. The summed E-state index contributed by atoms with van der Waals surface area (Å²) in [5.41, 5.74) is 0.423. The number of benzene rings is 1. The van der Waals surface area contributed by atoms with Crippen LogP contribution in [-0.4, -0.2) is 74.2 Å². The number of morpholine rings is 1. The van der Waals surface area contributed by atoms with E-state index < -0.39 is 11.7 Å². The van der Waals surface area contributed by atoms with Crippen molar-refractivity contribution in [2.75, 3.05) is 39.4 Å². The van der Waals surface area contributed by atoms with Gasteiger partial charge in [-0.1, -0.05) is 30.3 Å². The van der Waals surface area contributed by atoms with Crippen molar-refractivity contribution in [3.8, 4) is 0 Å². The van der Waals surface area contributed by atoms with Gasteiger partial charge in [-0.15, -0.1) is 0 Å². The van der Waals surface area contributed by atoms with Gasteiger partial charge < -0.3 is 29.7 Å². The molecule has 3 rings (SSSR count). The number of hydrogen-bond donors (Lipinski definition) is 2. The molecule has 8 nitrogen and oxygen atoms in total. The standard InChI is InChI=1S/C24H38N4O4/c1-5-25-22(28-13-15-31-21(17-28)20-12-9-14-30-20)26-16-19(18-10-7-6-8-11-18)27-23(29)32-24(2,3)4/h6-8,10-11,19-21H,5,9,12-17H2,1-4H3,(H,25,26)(H,27,29). The molecule has 0 aromatic heterocycles. The molecule has 2 heterocycles. The molecule has 1 aromatic rings. The second-order valence-corrected chi connectivity index (χ2v) is 9.21. The van der Waals surface area contributed by atoms with Crippen molar-refractivity contribution in [2.24, 2.45) is 4.99 Å². The predicted molar refractivity (Wildman–Crippen MR) is 125 cm³/mol. The highest BCUT2D eigenvalue weighted by molar-refractivity contribution is 5.80. The minimum absolute atomic E-state index is 0.0555. The molecular weight excluding hydrogens is 408 g/mol. The monoisotopic (exact) mass is 446 g/mol. The van der Waals surface area contributed by atoms with Gasteiger partial charge in [0.1, 0.15) is 11.7 Å². The third-order valence-electron chi connectivity index (χ3n) is 5.42. The molecule has 2 saturated heterocycles. The van der Waals surface area contributed by atoms with Crippen molar-refractivity contribution < 1.29 is 19.0 Å². The largest absolute Gasteiger partial charge is 0.444 e. The van der Waals surface area contributed by atoms with E-state index in [1.54, 1.807) is 0 Å². The van der Waals surface area contributed by atoms with Crippen LogP contribution in [0.5, 0.6) is 0 Å². The first-order chi connectivity index (χ1) is 15.4. The van der Waals surface area contributed by atoms with E-state index in [1.807, 2.05) is 51.1 Å². The Kier molecular flexibility index (Phi) is 8.75. The zero-order valence-corrected chi connectivity index (χ0v) is 19.8. The summed E-state index contributed by atoms with van der Waals surface area (Å²) in [4.78, 5) is 19.6. The first-order valence-corrected chi connectivity index (χ1v) is 11.7. The Balaban J connectivity index is 1.71. The summed E-state index contributed by atoms with van der Waals surface area (Å²) in [6, 6.07) is 9.57. The lowest BCUT2D eigenvalue weighted by Crippen LogP contribution is -2.53. The maximum absolute atomic E-state index is 12.5. The Hall–Kier alpha value is -2.32. The summed E-state index contributed by atoms with van der Waals surface area (Å²) in [6.07, 6.45) is 1.90. The third kappa shape index (κ3) is 7.38. The van der Waals surface area contributed by atoms with Crippen LogP contribution in [0.2, 0.25) is 0 Å². The molecule has 3 atom stereocenters. The molecule has 32 heavy (non-hydrogen) atoms. The molecule has 1 amide bonds. The van der Waals surface area contributed by atoms with Gasteiger partial charge in [-0.05, 0) is 46.1 Å². The Morgan fingerprint density at radius 3 is 2.62 bits per heavy atom. The third-order valence-corrected chi connectivity index (χ3v) is 5.42. The van der Waals surface area contributed by atoms with Gasteiger partial charge in [0.15, 0.2) is 5.96 Å². The molecule has 0 radical (unpaired) electrons. The van der Waals surface area contributed by atoms with Gasteiger partial charge in [0.2, 0.25) is 0 Å². The highest BCUT2D eigenvalue weighted by Crippen LogP contribution is 2.21. The number of amides is 1. The Labute approximate surface area is 191 Å². The first kappa shape index (κ1) is 24.3. The van der Waals surface area contributed by atoms with Gasteiger partial charge in [-0.3, -0.25) is 4.99 Å². The summed E-state index contributed by atoms with van der Waals surface area (Å²) < 4.78 is 17.3. The maximum Gasteiger partial charge on any atom is 0.408 e. The molecule has 2 aliphatic heterocycles. The fraction of sp³-hybridized carbons (Fsp3) is 0.667. The number of ether oxygens (including phenoxy) is 3. The number of guanidine groups is 1. The molecule has 1 aromatic carbocycles. The van der Waals surface area contributed by atoms with E-state index in [9.17, 15) is 4.79 Å². The van der Waals surface area contributed by atoms with E-state index in [0.29, 0.717) is 13.2 Å². The van der Waals surface area contributed by atoms with E-state index in [2.05, 4.69) is 22.5 Å². The number of nitrogens with one attached hydrogen (secondary N) is 2. The molecule has 178 valence electrons. The maximum atomic E-state index is 12.5. The normalized spacial score (nSPS) is 23.0. The van der Waals surface area contributed by atoms with Crippen LogP contribution in [0.15, 0.2) is 35.3 Å². The van der Waals surface area contributed by atoms with Crippen molar-refractivity contribution in [2.45, 2.75) is 64.4 Å². The topological polar surface area (TPSA) is 84.4 Å². The number of alkyl carbamates (subject to hydrolysis) is 1. The highest BCUT2D eigenvalue weighted by Gasteiger charge is 2.32. The number of aliphatic imine (C=N–C) groups is 1. The Morgan fingerprint density at radius 2 is 1.97 bits per heavy atom. The minimum Gasteiger partial charge on any atom is -0.444 e. The number of rotatable bonds is 6. The lowest BCUT2D eigenvalue weighted by atomic mass is 10.1. The number of hydrogen-bond acceptors (Lipinski definition) is 5. The van der Waals surface area contributed by atoms with E-state index in [1.165, 1.54) is 0 Å². The van der Waals surface area contributed by atoms with E-state index in [0.717, 1.165) is 50.6 Å². The highest BCUT2D eigenvalue weighted by atomic mass is 16.6. The van der Waals surface area contributed by atoms with Crippen molar-refractivity contribution >= 4 is 12.1 Å². The van der Waals surface area contributed by atoms with Gasteiger partial charge in [0.25, 0.3) is 0 Å². The van der Waals surface area contributed by atoms with Crippen LogP contribution in [-0.2, 0) is 14.2 Å². The fourth-order valence-corrected chi connectivity index (χ4v) is 3.96. The molecule has 3 unspecified atom stereocenters. The summed E-state index contributed by atoms with van der Waals surface area (Å²) >= 11 is 0. The van der Waals surface area contributed by atoms with E-state index >= 15 is 0 Å². The summed E-state index contributed by atoms with van der Waals surface area (Å²) in [5, 5.41) is 6.38. The predicted octanol–water partition coefficient (Wildman–Crippen LogP) is 3.10. The van der Waals surface area contributed by atoms with Gasteiger partial charge in [0, 0.05) is 26.2 Å². The summed E-state index contributed by atoms with van der Waals surface area (Å²) in [6.45, 7) is 11.7. The van der Waals surface area contributed by atoms with Crippen LogP contribution in [0, 0.1) is 0 Å². The van der Waals surface area contributed by atoms with Crippen LogP contribution < -0.4 is 10.6 Å². The number of carbonyl (C=O) groups is 1. The van der Waals surface area contributed by atoms with E-state index in [-0.39, 0.29) is 18.2 Å². The van der Waals surface area contributed by atoms with Crippen LogP contribution >= 0.6 is 0 Å². The van der Waals surface area contributed by atoms with Crippen molar-refractivity contribution in [3.63, 3.8) is 0 Å². The zero-order chi connectivity index (χ0) is 23.0. The van der Waals surface area contributed by atoms with Crippen LogP contribution in [0.4, 0.5) is 4.79 Å².